The maximum absolute atomic E-state index is 10.4. The molecule has 1 radical (unpaired) electrons. The van der Waals surface area contributed by atoms with Crippen LogP contribution in [-0.2, 0) is 17.6 Å². The Bertz CT molecular complexity index is 250. The average Bonchev–Trinajstić information content (AvgIpc) is 2.46. The first-order valence-corrected chi connectivity index (χ1v) is 3.90. The van der Waals surface area contributed by atoms with Crippen LogP contribution in [0.15, 0.2) is 6.07 Å². The summed E-state index contributed by atoms with van der Waals surface area (Å²) >= 11 is 0. The molecule has 0 fully saturated rings. The molecule has 0 unspecified atom stereocenters. The Morgan fingerprint density at radius 3 is 2.55 bits per heavy atom. The third kappa shape index (κ3) is 1.50. The number of aryl methyl sites for hydroxylation is 2. The lowest BCUT2D eigenvalue weighted by molar-refractivity contribution is 0.561. The zero-order chi connectivity index (χ0) is 8.27. The predicted molar refractivity (Wildman–Crippen MR) is 44.3 cm³/mol. The first kappa shape index (κ1) is 8.05. The van der Waals surface area contributed by atoms with E-state index in [1.165, 1.54) is 0 Å². The molecule has 1 rings (SSSR count). The van der Waals surface area contributed by atoms with E-state index in [0.29, 0.717) is 5.69 Å². The summed E-state index contributed by atoms with van der Waals surface area (Å²) in [6.07, 6.45) is 3.72. The van der Waals surface area contributed by atoms with Crippen molar-refractivity contribution in [3.8, 4) is 0 Å². The van der Waals surface area contributed by atoms with Crippen LogP contribution in [0.25, 0.3) is 0 Å². The molecule has 0 saturated carbocycles. The zero-order valence-corrected chi connectivity index (χ0v) is 6.90. The van der Waals surface area contributed by atoms with Gasteiger partial charge < -0.3 is 4.98 Å². The first-order chi connectivity index (χ1) is 5.31. The Balaban J connectivity index is 3.01. The van der Waals surface area contributed by atoms with Gasteiger partial charge in [0, 0.05) is 5.69 Å². The highest BCUT2D eigenvalue weighted by molar-refractivity contribution is 5.75. The molecule has 2 heteroatoms. The summed E-state index contributed by atoms with van der Waals surface area (Å²) in [5, 5.41) is 0. The van der Waals surface area contributed by atoms with Crippen LogP contribution in [0.2, 0.25) is 0 Å². The number of hydrogen-bond acceptors (Lipinski definition) is 1. The van der Waals surface area contributed by atoms with Gasteiger partial charge in [0.1, 0.15) is 0 Å². The Hall–Kier alpha value is -1.05. The minimum atomic E-state index is 0.615. The van der Waals surface area contributed by atoms with Crippen molar-refractivity contribution in [1.29, 1.82) is 0 Å². The van der Waals surface area contributed by atoms with E-state index in [9.17, 15) is 4.79 Å². The fraction of sp³-hybridized carbons (Fsp3) is 0.444. The molecule has 0 aliphatic heterocycles. The molecule has 0 amide bonds. The van der Waals surface area contributed by atoms with Gasteiger partial charge in [0.25, 0.3) is 6.29 Å². The van der Waals surface area contributed by atoms with Crippen molar-refractivity contribution in [2.45, 2.75) is 26.7 Å². The van der Waals surface area contributed by atoms with Crippen LogP contribution in [0.5, 0.6) is 0 Å². The highest BCUT2D eigenvalue weighted by Gasteiger charge is 2.03. The van der Waals surface area contributed by atoms with E-state index in [-0.39, 0.29) is 0 Å². The summed E-state index contributed by atoms with van der Waals surface area (Å²) in [4.78, 5) is 13.4. The molecule has 1 heterocycles. The largest absolute Gasteiger partial charge is 0.355 e. The van der Waals surface area contributed by atoms with Crippen LogP contribution in [0, 0.1) is 0 Å². The molecule has 11 heavy (non-hydrogen) atoms. The standard InChI is InChI=1S/C9H12NO/c1-3-7-5-8(4-2)10-9(7)6-11/h5,10H,3-4H2,1-2H3. The van der Waals surface area contributed by atoms with Crippen molar-refractivity contribution >= 4 is 6.29 Å². The van der Waals surface area contributed by atoms with Crippen molar-refractivity contribution in [1.82, 2.24) is 4.98 Å². The van der Waals surface area contributed by atoms with Crippen LogP contribution in [0.1, 0.15) is 30.8 Å². The molecule has 0 atom stereocenters. The summed E-state index contributed by atoms with van der Waals surface area (Å²) in [5.41, 5.74) is 2.79. The molecule has 0 aromatic carbocycles. The van der Waals surface area contributed by atoms with E-state index in [1.807, 2.05) is 19.3 Å². The number of H-pyrrole nitrogens is 1. The van der Waals surface area contributed by atoms with Crippen molar-refractivity contribution in [3.63, 3.8) is 0 Å². The number of hydrogen-bond donors (Lipinski definition) is 1. The lowest BCUT2D eigenvalue weighted by Gasteiger charge is -1.86. The second-order valence-corrected chi connectivity index (χ2v) is 2.50. The van der Waals surface area contributed by atoms with Gasteiger partial charge in [-0.2, -0.15) is 0 Å². The number of aromatic nitrogens is 1. The Morgan fingerprint density at radius 2 is 2.18 bits per heavy atom. The molecule has 1 N–H and O–H groups in total. The smallest absolute Gasteiger partial charge is 0.251 e. The van der Waals surface area contributed by atoms with Crippen molar-refractivity contribution < 1.29 is 4.79 Å². The molecule has 1 aromatic rings. The van der Waals surface area contributed by atoms with Crippen LogP contribution in [0.3, 0.4) is 0 Å². The topological polar surface area (TPSA) is 32.9 Å². The third-order valence-electron chi connectivity index (χ3n) is 1.82. The lowest BCUT2D eigenvalue weighted by atomic mass is 10.2. The predicted octanol–water partition coefficient (Wildman–Crippen LogP) is 1.60. The fourth-order valence-corrected chi connectivity index (χ4v) is 1.12. The van der Waals surface area contributed by atoms with Gasteiger partial charge in [-0.15, -0.1) is 0 Å². The van der Waals surface area contributed by atoms with Crippen LogP contribution >= 0.6 is 0 Å². The fourth-order valence-electron chi connectivity index (χ4n) is 1.12. The molecular weight excluding hydrogens is 138 g/mol. The second kappa shape index (κ2) is 3.37. The van der Waals surface area contributed by atoms with E-state index in [0.717, 1.165) is 24.1 Å². The Morgan fingerprint density at radius 1 is 1.45 bits per heavy atom. The zero-order valence-electron chi connectivity index (χ0n) is 6.90. The van der Waals surface area contributed by atoms with E-state index < -0.39 is 0 Å². The number of rotatable bonds is 3. The molecule has 0 bridgehead atoms. The van der Waals surface area contributed by atoms with Gasteiger partial charge in [0.05, 0.1) is 5.69 Å². The molecule has 1 aromatic heterocycles. The number of aromatic amines is 1. The minimum absolute atomic E-state index is 0.615. The normalized spacial score (nSPS) is 10.0. The van der Waals surface area contributed by atoms with Gasteiger partial charge >= 0.3 is 0 Å². The number of carbonyl (C=O) groups excluding carboxylic acids is 1. The quantitative estimate of drug-likeness (QED) is 0.697. The van der Waals surface area contributed by atoms with E-state index in [4.69, 9.17) is 0 Å². The SMILES string of the molecule is CCc1cc(CC)c([C]=O)[nH]1. The lowest BCUT2D eigenvalue weighted by Crippen LogP contribution is -1.86. The van der Waals surface area contributed by atoms with Gasteiger partial charge in [-0.1, -0.05) is 13.8 Å². The molecular formula is C9H12NO. The average molecular weight is 150 g/mol. The summed E-state index contributed by atoms with van der Waals surface area (Å²) in [6.45, 7) is 4.09. The van der Waals surface area contributed by atoms with Crippen molar-refractivity contribution in [3.05, 3.63) is 23.0 Å². The van der Waals surface area contributed by atoms with Gasteiger partial charge in [0.2, 0.25) is 0 Å². The maximum atomic E-state index is 10.4. The highest BCUT2D eigenvalue weighted by Crippen LogP contribution is 2.09. The molecule has 0 saturated heterocycles. The molecule has 0 aliphatic carbocycles. The van der Waals surface area contributed by atoms with Crippen LogP contribution in [0.4, 0.5) is 0 Å². The van der Waals surface area contributed by atoms with Gasteiger partial charge in [0.15, 0.2) is 0 Å². The molecule has 0 aliphatic rings. The summed E-state index contributed by atoms with van der Waals surface area (Å²) in [5.74, 6) is 0. The summed E-state index contributed by atoms with van der Waals surface area (Å²) < 4.78 is 0. The van der Waals surface area contributed by atoms with Gasteiger partial charge in [-0.3, -0.25) is 4.79 Å². The van der Waals surface area contributed by atoms with Crippen LogP contribution in [-0.4, -0.2) is 11.3 Å². The van der Waals surface area contributed by atoms with E-state index in [1.54, 1.807) is 0 Å². The van der Waals surface area contributed by atoms with Crippen LogP contribution < -0.4 is 0 Å². The summed E-state index contributed by atoms with van der Waals surface area (Å²) in [7, 11) is 0. The molecule has 2 nitrogen and oxygen atoms in total. The first-order valence-electron chi connectivity index (χ1n) is 3.90. The maximum Gasteiger partial charge on any atom is 0.251 e. The molecule has 0 spiro atoms. The molecule has 59 valence electrons. The van der Waals surface area contributed by atoms with Gasteiger partial charge in [-0.05, 0) is 24.5 Å². The number of nitrogens with one attached hydrogen (secondary N) is 1. The van der Waals surface area contributed by atoms with E-state index >= 15 is 0 Å². The van der Waals surface area contributed by atoms with E-state index in [2.05, 4.69) is 11.9 Å². The minimum Gasteiger partial charge on any atom is -0.355 e. The van der Waals surface area contributed by atoms with Crippen molar-refractivity contribution in [2.24, 2.45) is 0 Å². The van der Waals surface area contributed by atoms with Crippen molar-refractivity contribution in [2.75, 3.05) is 0 Å². The summed E-state index contributed by atoms with van der Waals surface area (Å²) in [6, 6.07) is 2.03. The second-order valence-electron chi connectivity index (χ2n) is 2.50. The monoisotopic (exact) mass is 150 g/mol. The third-order valence-corrected chi connectivity index (χ3v) is 1.82. The van der Waals surface area contributed by atoms with Gasteiger partial charge in [-0.25, -0.2) is 0 Å². The Kier molecular flexibility index (Phi) is 2.47. The Labute approximate surface area is 66.6 Å². The highest BCUT2D eigenvalue weighted by atomic mass is 16.1.